The number of amides is 2. The van der Waals surface area contributed by atoms with Crippen molar-refractivity contribution in [1.82, 2.24) is 9.21 Å². The second kappa shape index (κ2) is 8.15. The highest BCUT2D eigenvalue weighted by atomic mass is 32.2. The molecule has 0 unspecified atom stereocenters. The Morgan fingerprint density at radius 2 is 1.56 bits per heavy atom. The Labute approximate surface area is 195 Å². The fraction of sp³-hybridized carbons (Fsp3) is 0.167. The van der Waals surface area contributed by atoms with Gasteiger partial charge in [-0.3, -0.25) is 24.6 Å². The van der Waals surface area contributed by atoms with Crippen LogP contribution in [0.3, 0.4) is 0 Å². The van der Waals surface area contributed by atoms with Crippen LogP contribution in [-0.2, 0) is 16.4 Å². The highest BCUT2D eigenvalue weighted by Crippen LogP contribution is 2.37. The van der Waals surface area contributed by atoms with Crippen LogP contribution in [0.25, 0.3) is 0 Å². The SMILES string of the molecule is O=C1c2ccccc2C(=O)N1C[C@H]1c2ccccc2CCN1S(=O)(=O)c1cccc([N+](=O)[O-])c1. The molecule has 0 saturated carbocycles. The zero-order chi connectivity index (χ0) is 24.0. The minimum Gasteiger partial charge on any atom is -0.272 e. The average Bonchev–Trinajstić information content (AvgIpc) is 3.09. The van der Waals surface area contributed by atoms with Gasteiger partial charge in [-0.25, -0.2) is 8.42 Å². The van der Waals surface area contributed by atoms with E-state index in [1.165, 1.54) is 22.5 Å². The topological polar surface area (TPSA) is 118 Å². The van der Waals surface area contributed by atoms with Gasteiger partial charge in [-0.15, -0.1) is 0 Å². The van der Waals surface area contributed by atoms with Crippen LogP contribution in [0.15, 0.2) is 77.7 Å². The molecule has 0 aromatic heterocycles. The summed E-state index contributed by atoms with van der Waals surface area (Å²) in [6, 6.07) is 17.8. The van der Waals surface area contributed by atoms with Gasteiger partial charge in [0.15, 0.2) is 0 Å². The van der Waals surface area contributed by atoms with Crippen LogP contribution < -0.4 is 0 Å². The number of hydrogen-bond donors (Lipinski definition) is 0. The van der Waals surface area contributed by atoms with Gasteiger partial charge in [0, 0.05) is 18.7 Å². The summed E-state index contributed by atoms with van der Waals surface area (Å²) < 4.78 is 28.5. The summed E-state index contributed by atoms with van der Waals surface area (Å²) >= 11 is 0. The van der Waals surface area contributed by atoms with Gasteiger partial charge in [0.25, 0.3) is 17.5 Å². The number of sulfonamides is 1. The van der Waals surface area contributed by atoms with E-state index in [4.69, 9.17) is 0 Å². The lowest BCUT2D eigenvalue weighted by atomic mass is 9.94. The van der Waals surface area contributed by atoms with Crippen molar-refractivity contribution in [2.75, 3.05) is 13.1 Å². The quantitative estimate of drug-likeness (QED) is 0.316. The lowest BCUT2D eigenvalue weighted by molar-refractivity contribution is -0.385. The summed E-state index contributed by atoms with van der Waals surface area (Å²) in [5.41, 5.74) is 1.85. The number of nitrogens with zero attached hydrogens (tertiary/aromatic N) is 3. The first-order chi connectivity index (χ1) is 16.3. The van der Waals surface area contributed by atoms with Crippen molar-refractivity contribution in [2.45, 2.75) is 17.4 Å². The first kappa shape index (κ1) is 21.9. The molecular formula is C24H19N3O6S. The smallest absolute Gasteiger partial charge is 0.270 e. The molecule has 34 heavy (non-hydrogen) atoms. The largest absolute Gasteiger partial charge is 0.272 e. The molecule has 2 aliphatic heterocycles. The molecule has 5 rings (SSSR count). The number of non-ortho nitro benzene ring substituents is 1. The minimum absolute atomic E-state index is 0.107. The summed E-state index contributed by atoms with van der Waals surface area (Å²) in [5.74, 6) is -0.951. The standard InChI is InChI=1S/C24H19N3O6S/c28-23-20-10-3-4-11-21(20)24(29)25(23)15-22-19-9-2-1-6-16(19)12-13-26(22)34(32,33)18-8-5-7-17(14-18)27(30)31/h1-11,14,22H,12-13,15H2/t22-/m0/s1. The molecule has 1 atom stereocenters. The summed E-state index contributed by atoms with van der Waals surface area (Å²) in [4.78, 5) is 37.4. The summed E-state index contributed by atoms with van der Waals surface area (Å²) in [5, 5.41) is 11.2. The van der Waals surface area contributed by atoms with Crippen LogP contribution in [0.2, 0.25) is 0 Å². The molecule has 0 aliphatic carbocycles. The number of imide groups is 1. The number of carbonyl (C=O) groups excluding carboxylic acids is 2. The van der Waals surface area contributed by atoms with E-state index in [1.54, 1.807) is 36.4 Å². The van der Waals surface area contributed by atoms with Gasteiger partial charge in [-0.1, -0.05) is 42.5 Å². The second-order valence-electron chi connectivity index (χ2n) is 8.10. The molecule has 10 heteroatoms. The number of nitro benzene ring substituents is 1. The Bertz CT molecular complexity index is 1420. The molecule has 0 radical (unpaired) electrons. The third kappa shape index (κ3) is 3.47. The van der Waals surface area contributed by atoms with Crippen LogP contribution in [0.5, 0.6) is 0 Å². The monoisotopic (exact) mass is 477 g/mol. The van der Waals surface area contributed by atoms with E-state index in [2.05, 4.69) is 0 Å². The first-order valence-corrected chi connectivity index (χ1v) is 12.0. The van der Waals surface area contributed by atoms with Gasteiger partial charge in [-0.05, 0) is 35.7 Å². The molecule has 172 valence electrons. The molecule has 3 aromatic rings. The molecule has 0 saturated heterocycles. The number of rotatable bonds is 5. The van der Waals surface area contributed by atoms with Gasteiger partial charge in [0.05, 0.1) is 33.5 Å². The van der Waals surface area contributed by atoms with E-state index in [-0.39, 0.29) is 34.8 Å². The average molecular weight is 477 g/mol. The predicted octanol–water partition coefficient (Wildman–Crippen LogP) is 3.18. The number of hydrogen-bond acceptors (Lipinski definition) is 6. The lowest BCUT2D eigenvalue weighted by Gasteiger charge is -2.37. The van der Waals surface area contributed by atoms with Crippen LogP contribution >= 0.6 is 0 Å². The normalized spacial score (nSPS) is 18.0. The Kier molecular flexibility index (Phi) is 5.26. The zero-order valence-corrected chi connectivity index (χ0v) is 18.6. The zero-order valence-electron chi connectivity index (χ0n) is 17.8. The van der Waals surface area contributed by atoms with Crippen molar-refractivity contribution < 1.29 is 22.9 Å². The van der Waals surface area contributed by atoms with E-state index in [1.807, 2.05) is 12.1 Å². The van der Waals surface area contributed by atoms with Crippen LogP contribution in [0, 0.1) is 10.1 Å². The molecule has 3 aromatic carbocycles. The Hall–Kier alpha value is -3.89. The maximum absolute atomic E-state index is 13.7. The Morgan fingerprint density at radius 3 is 2.24 bits per heavy atom. The van der Waals surface area contributed by atoms with E-state index in [9.17, 15) is 28.1 Å². The number of nitro groups is 1. The minimum atomic E-state index is -4.17. The number of benzene rings is 3. The Balaban J connectivity index is 1.57. The fourth-order valence-electron chi connectivity index (χ4n) is 4.58. The van der Waals surface area contributed by atoms with Crippen LogP contribution in [-0.4, -0.2) is 47.5 Å². The predicted molar refractivity (Wildman–Crippen MR) is 122 cm³/mol. The van der Waals surface area contributed by atoms with E-state index in [0.717, 1.165) is 16.5 Å². The van der Waals surface area contributed by atoms with E-state index >= 15 is 0 Å². The van der Waals surface area contributed by atoms with Crippen molar-refractivity contribution in [2.24, 2.45) is 0 Å². The maximum Gasteiger partial charge on any atom is 0.270 e. The summed E-state index contributed by atoms with van der Waals surface area (Å²) in [7, 11) is -4.17. The molecular weight excluding hydrogens is 458 g/mol. The summed E-state index contributed by atoms with van der Waals surface area (Å²) in [6.07, 6.45) is 0.433. The highest BCUT2D eigenvalue weighted by Gasteiger charge is 2.42. The molecule has 2 aliphatic rings. The highest BCUT2D eigenvalue weighted by molar-refractivity contribution is 7.89. The summed E-state index contributed by atoms with van der Waals surface area (Å²) in [6.45, 7) is -0.0621. The van der Waals surface area contributed by atoms with Crippen molar-refractivity contribution >= 4 is 27.5 Å². The molecule has 0 bridgehead atoms. The first-order valence-electron chi connectivity index (χ1n) is 10.6. The van der Waals surface area contributed by atoms with Gasteiger partial charge in [-0.2, -0.15) is 4.31 Å². The van der Waals surface area contributed by atoms with Crippen molar-refractivity contribution in [3.63, 3.8) is 0 Å². The van der Waals surface area contributed by atoms with Crippen molar-refractivity contribution in [3.8, 4) is 0 Å². The molecule has 0 spiro atoms. The Morgan fingerprint density at radius 1 is 0.912 bits per heavy atom. The van der Waals surface area contributed by atoms with Crippen molar-refractivity contribution in [1.29, 1.82) is 0 Å². The number of fused-ring (bicyclic) bond motifs is 2. The lowest BCUT2D eigenvalue weighted by Crippen LogP contribution is -2.46. The van der Waals surface area contributed by atoms with Gasteiger partial charge >= 0.3 is 0 Å². The molecule has 2 heterocycles. The molecule has 2 amide bonds. The third-order valence-corrected chi connectivity index (χ3v) is 8.14. The van der Waals surface area contributed by atoms with E-state index in [0.29, 0.717) is 12.0 Å². The van der Waals surface area contributed by atoms with Gasteiger partial charge in [0.2, 0.25) is 10.0 Å². The molecule has 9 nitrogen and oxygen atoms in total. The van der Waals surface area contributed by atoms with Gasteiger partial charge in [0.1, 0.15) is 0 Å². The number of carbonyl (C=O) groups is 2. The maximum atomic E-state index is 13.7. The van der Waals surface area contributed by atoms with Crippen LogP contribution in [0.1, 0.15) is 37.9 Å². The molecule has 0 fully saturated rings. The third-order valence-electron chi connectivity index (χ3n) is 6.23. The van der Waals surface area contributed by atoms with Crippen molar-refractivity contribution in [3.05, 3.63) is 105 Å². The molecule has 0 N–H and O–H groups in total. The van der Waals surface area contributed by atoms with Crippen LogP contribution in [0.4, 0.5) is 5.69 Å². The van der Waals surface area contributed by atoms with E-state index < -0.39 is 32.8 Å². The second-order valence-corrected chi connectivity index (χ2v) is 9.99. The van der Waals surface area contributed by atoms with Gasteiger partial charge < -0.3 is 0 Å². The fourth-order valence-corrected chi connectivity index (χ4v) is 6.21.